The normalized spacial score (nSPS) is 14.5. The molecule has 3 aromatic rings. The average Bonchev–Trinajstić information content (AvgIpc) is 2.74. The SMILES string of the molecule is FC(F)(F)c1ccc(Oc2cc(Br)cc(C=C3CCN(c4cccnn4)CC3)c2)nc1. The minimum absolute atomic E-state index is 0.0991. The molecule has 1 aromatic carbocycles. The second-order valence-electron chi connectivity index (χ2n) is 7.08. The molecule has 1 fully saturated rings. The van der Waals surface area contributed by atoms with Gasteiger partial charge in [0.25, 0.3) is 0 Å². The second-order valence-corrected chi connectivity index (χ2v) is 7.99. The molecule has 0 amide bonds. The highest BCUT2D eigenvalue weighted by Gasteiger charge is 2.30. The van der Waals surface area contributed by atoms with E-state index in [1.165, 1.54) is 11.6 Å². The Morgan fingerprint density at radius 3 is 2.52 bits per heavy atom. The predicted molar refractivity (Wildman–Crippen MR) is 115 cm³/mol. The Morgan fingerprint density at radius 1 is 1.06 bits per heavy atom. The van der Waals surface area contributed by atoms with Crippen LogP contribution < -0.4 is 9.64 Å². The lowest BCUT2D eigenvalue weighted by atomic mass is 10.0. The number of piperidine rings is 1. The molecule has 0 spiro atoms. The van der Waals surface area contributed by atoms with Crippen molar-refractivity contribution in [1.29, 1.82) is 0 Å². The first-order valence-electron chi connectivity index (χ1n) is 9.61. The molecule has 0 bridgehead atoms. The van der Waals surface area contributed by atoms with Crippen molar-refractivity contribution in [2.45, 2.75) is 19.0 Å². The van der Waals surface area contributed by atoms with Crippen LogP contribution in [0.5, 0.6) is 11.6 Å². The molecule has 160 valence electrons. The molecule has 1 aliphatic rings. The van der Waals surface area contributed by atoms with E-state index in [1.54, 1.807) is 12.3 Å². The van der Waals surface area contributed by atoms with Crippen LogP contribution in [0, 0.1) is 0 Å². The number of halogens is 4. The zero-order valence-corrected chi connectivity index (χ0v) is 17.9. The van der Waals surface area contributed by atoms with Crippen LogP contribution in [-0.2, 0) is 6.18 Å². The number of aromatic nitrogens is 3. The van der Waals surface area contributed by atoms with Gasteiger partial charge in [-0.05, 0) is 54.8 Å². The first kappa shape index (κ1) is 21.3. The Balaban J connectivity index is 1.44. The van der Waals surface area contributed by atoms with Crippen LogP contribution in [0.4, 0.5) is 19.0 Å². The summed E-state index contributed by atoms with van der Waals surface area (Å²) in [5, 5.41) is 8.09. The van der Waals surface area contributed by atoms with Crippen LogP contribution in [-0.4, -0.2) is 28.3 Å². The predicted octanol–water partition coefficient (Wildman–Crippen LogP) is 6.13. The van der Waals surface area contributed by atoms with Gasteiger partial charge in [-0.15, -0.1) is 5.10 Å². The van der Waals surface area contributed by atoms with Crippen LogP contribution in [0.1, 0.15) is 24.0 Å². The number of hydrogen-bond donors (Lipinski definition) is 0. The fraction of sp³-hybridized carbons (Fsp3) is 0.227. The highest BCUT2D eigenvalue weighted by molar-refractivity contribution is 9.10. The monoisotopic (exact) mass is 490 g/mol. The number of benzene rings is 1. The molecular weight excluding hydrogens is 473 g/mol. The highest BCUT2D eigenvalue weighted by atomic mass is 79.9. The Bertz CT molecular complexity index is 1060. The van der Waals surface area contributed by atoms with Crippen molar-refractivity contribution in [2.24, 2.45) is 0 Å². The molecule has 0 saturated carbocycles. The summed E-state index contributed by atoms with van der Waals surface area (Å²) >= 11 is 3.47. The largest absolute Gasteiger partial charge is 0.439 e. The standard InChI is InChI=1S/C22H18BrF3N4O/c23-18-11-16(10-15-5-8-30(9-6-15)20-2-1-7-28-29-20)12-19(13-18)31-21-4-3-17(14-27-21)22(24,25)26/h1-4,7,10-14H,5-6,8-9H2. The molecular formula is C22H18BrF3N4O. The average molecular weight is 491 g/mol. The molecule has 2 aromatic heterocycles. The fourth-order valence-corrected chi connectivity index (χ4v) is 3.81. The molecule has 0 aliphatic carbocycles. The third-order valence-electron chi connectivity index (χ3n) is 4.84. The van der Waals surface area contributed by atoms with E-state index in [-0.39, 0.29) is 5.88 Å². The van der Waals surface area contributed by atoms with E-state index in [0.29, 0.717) is 5.75 Å². The van der Waals surface area contributed by atoms with Crippen molar-refractivity contribution in [3.05, 3.63) is 76.0 Å². The number of ether oxygens (including phenoxy) is 1. The van der Waals surface area contributed by atoms with Crippen molar-refractivity contribution >= 4 is 27.8 Å². The number of alkyl halides is 3. The number of anilines is 1. The summed E-state index contributed by atoms with van der Waals surface area (Å²) in [6.45, 7) is 1.72. The second kappa shape index (κ2) is 9.05. The van der Waals surface area contributed by atoms with Crippen molar-refractivity contribution in [2.75, 3.05) is 18.0 Å². The lowest BCUT2D eigenvalue weighted by Gasteiger charge is -2.29. The lowest BCUT2D eigenvalue weighted by Crippen LogP contribution is -2.31. The van der Waals surface area contributed by atoms with Crippen molar-refractivity contribution < 1.29 is 17.9 Å². The van der Waals surface area contributed by atoms with Gasteiger partial charge in [0, 0.05) is 36.0 Å². The summed E-state index contributed by atoms with van der Waals surface area (Å²) in [5.41, 5.74) is 1.43. The van der Waals surface area contributed by atoms with E-state index in [1.807, 2.05) is 24.3 Å². The molecule has 3 heterocycles. The van der Waals surface area contributed by atoms with Crippen LogP contribution in [0.3, 0.4) is 0 Å². The van der Waals surface area contributed by atoms with Crippen LogP contribution in [0.2, 0.25) is 0 Å². The molecule has 0 atom stereocenters. The van der Waals surface area contributed by atoms with Gasteiger partial charge in [-0.25, -0.2) is 4.98 Å². The summed E-state index contributed by atoms with van der Waals surface area (Å²) in [6.07, 6.45) is 1.92. The maximum absolute atomic E-state index is 12.7. The van der Waals surface area contributed by atoms with Crippen LogP contribution in [0.15, 0.2) is 64.9 Å². The quantitative estimate of drug-likeness (QED) is 0.440. The maximum Gasteiger partial charge on any atom is 0.417 e. The first-order valence-corrected chi connectivity index (χ1v) is 10.4. The van der Waals surface area contributed by atoms with Crippen molar-refractivity contribution in [3.63, 3.8) is 0 Å². The molecule has 0 radical (unpaired) electrons. The van der Waals surface area contributed by atoms with Gasteiger partial charge in [0.15, 0.2) is 5.82 Å². The number of pyridine rings is 1. The highest BCUT2D eigenvalue weighted by Crippen LogP contribution is 2.31. The van der Waals surface area contributed by atoms with E-state index in [4.69, 9.17) is 4.74 Å². The van der Waals surface area contributed by atoms with Gasteiger partial charge in [0.05, 0.1) is 5.56 Å². The number of hydrogen-bond acceptors (Lipinski definition) is 5. The van der Waals surface area contributed by atoms with Gasteiger partial charge in [0.2, 0.25) is 5.88 Å². The van der Waals surface area contributed by atoms with Crippen LogP contribution >= 0.6 is 15.9 Å². The fourth-order valence-electron chi connectivity index (χ4n) is 3.32. The summed E-state index contributed by atoms with van der Waals surface area (Å²) < 4.78 is 44.6. The zero-order valence-electron chi connectivity index (χ0n) is 16.3. The Morgan fingerprint density at radius 2 is 1.87 bits per heavy atom. The summed E-state index contributed by atoms with van der Waals surface area (Å²) in [5.74, 6) is 1.47. The first-order chi connectivity index (χ1) is 14.9. The smallest absolute Gasteiger partial charge is 0.417 e. The lowest BCUT2D eigenvalue weighted by molar-refractivity contribution is -0.137. The molecule has 0 unspecified atom stereocenters. The van der Waals surface area contributed by atoms with Crippen LogP contribution in [0.25, 0.3) is 6.08 Å². The topological polar surface area (TPSA) is 51.1 Å². The molecule has 0 N–H and O–H groups in total. The zero-order chi connectivity index (χ0) is 21.8. The Kier molecular flexibility index (Phi) is 6.22. The Labute approximate surface area is 185 Å². The molecule has 5 nitrogen and oxygen atoms in total. The van der Waals surface area contributed by atoms with Gasteiger partial charge in [0.1, 0.15) is 5.75 Å². The summed E-state index contributed by atoms with van der Waals surface area (Å²) in [7, 11) is 0. The van der Waals surface area contributed by atoms with Gasteiger partial charge in [-0.1, -0.05) is 27.6 Å². The molecule has 9 heteroatoms. The van der Waals surface area contributed by atoms with Crippen molar-refractivity contribution in [3.8, 4) is 11.6 Å². The Hall–Kier alpha value is -2.94. The third-order valence-corrected chi connectivity index (χ3v) is 5.30. The van der Waals surface area contributed by atoms with Crippen molar-refractivity contribution in [1.82, 2.24) is 15.2 Å². The number of rotatable bonds is 4. The summed E-state index contributed by atoms with van der Waals surface area (Å²) in [4.78, 5) is 5.97. The van der Waals surface area contributed by atoms with Gasteiger partial charge >= 0.3 is 6.18 Å². The molecule has 1 aliphatic heterocycles. The van der Waals surface area contributed by atoms with E-state index >= 15 is 0 Å². The molecule has 1 saturated heterocycles. The minimum Gasteiger partial charge on any atom is -0.439 e. The van der Waals surface area contributed by atoms with Gasteiger partial charge < -0.3 is 9.64 Å². The third kappa shape index (κ3) is 5.61. The van der Waals surface area contributed by atoms with E-state index in [0.717, 1.165) is 54.0 Å². The molecule has 31 heavy (non-hydrogen) atoms. The van der Waals surface area contributed by atoms with E-state index in [2.05, 4.69) is 42.1 Å². The van der Waals surface area contributed by atoms with E-state index < -0.39 is 11.7 Å². The number of nitrogens with zero attached hydrogens (tertiary/aromatic N) is 4. The maximum atomic E-state index is 12.7. The van der Waals surface area contributed by atoms with E-state index in [9.17, 15) is 13.2 Å². The van der Waals surface area contributed by atoms with Gasteiger partial charge in [-0.2, -0.15) is 18.3 Å². The minimum atomic E-state index is -4.43. The molecule has 4 rings (SSSR count). The van der Waals surface area contributed by atoms with Gasteiger partial charge in [-0.3, -0.25) is 0 Å². The summed E-state index contributed by atoms with van der Waals surface area (Å²) in [6, 6.07) is 11.6.